The van der Waals surface area contributed by atoms with Crippen LogP contribution in [0.2, 0.25) is 13.1 Å². The van der Waals surface area contributed by atoms with Crippen molar-refractivity contribution in [1.29, 1.82) is 0 Å². The first-order valence-corrected chi connectivity index (χ1v) is 11.1. The van der Waals surface area contributed by atoms with Crippen molar-refractivity contribution in [3.63, 3.8) is 0 Å². The Balaban J connectivity index is 2.46. The third-order valence-electron chi connectivity index (χ3n) is 4.47. The highest BCUT2D eigenvalue weighted by atomic mass is 28.3. The standard InChI is InChI=1S/C16H33NSi/c1-16(2)18(3,4)15-17-13-11-9-7-5-6-8-10-12-14-17/h1,5-15H2,2-4H3. The van der Waals surface area contributed by atoms with Gasteiger partial charge in [-0.3, -0.25) is 0 Å². The molecule has 1 aliphatic heterocycles. The van der Waals surface area contributed by atoms with E-state index in [-0.39, 0.29) is 0 Å². The zero-order valence-corrected chi connectivity index (χ0v) is 13.9. The van der Waals surface area contributed by atoms with Gasteiger partial charge in [-0.1, -0.05) is 56.8 Å². The predicted molar refractivity (Wildman–Crippen MR) is 85.7 cm³/mol. The predicted octanol–water partition coefficient (Wildman–Crippen LogP) is 4.79. The Morgan fingerprint density at radius 3 is 1.67 bits per heavy atom. The van der Waals surface area contributed by atoms with Gasteiger partial charge in [-0.05, 0) is 39.0 Å². The summed E-state index contributed by atoms with van der Waals surface area (Å²) in [5.41, 5.74) is 0. The Morgan fingerprint density at radius 1 is 0.889 bits per heavy atom. The topological polar surface area (TPSA) is 3.24 Å². The van der Waals surface area contributed by atoms with E-state index in [0.29, 0.717) is 0 Å². The van der Waals surface area contributed by atoms with Gasteiger partial charge in [0, 0.05) is 0 Å². The minimum atomic E-state index is -1.22. The van der Waals surface area contributed by atoms with E-state index >= 15 is 0 Å². The first-order chi connectivity index (χ1) is 8.52. The molecule has 0 spiro atoms. The molecule has 1 aliphatic rings. The quantitative estimate of drug-likeness (QED) is 0.665. The van der Waals surface area contributed by atoms with Crippen molar-refractivity contribution in [2.24, 2.45) is 0 Å². The van der Waals surface area contributed by atoms with Crippen LogP contribution in [-0.4, -0.2) is 32.2 Å². The molecular formula is C16H33NSi. The molecule has 0 aliphatic carbocycles. The zero-order chi connectivity index (χ0) is 13.4. The van der Waals surface area contributed by atoms with Crippen LogP contribution in [0.4, 0.5) is 0 Å². The fraction of sp³-hybridized carbons (Fsp3) is 0.875. The second-order valence-electron chi connectivity index (χ2n) is 6.77. The fourth-order valence-electron chi connectivity index (χ4n) is 2.70. The molecule has 0 N–H and O–H groups in total. The van der Waals surface area contributed by atoms with Crippen molar-refractivity contribution >= 4 is 8.07 Å². The molecule has 1 saturated heterocycles. The highest BCUT2D eigenvalue weighted by Crippen LogP contribution is 2.17. The summed E-state index contributed by atoms with van der Waals surface area (Å²) in [6.45, 7) is 14.0. The molecular weight excluding hydrogens is 234 g/mol. The SMILES string of the molecule is C=C(C)[Si](C)(C)CN1CCCCCCCCCC1. The zero-order valence-electron chi connectivity index (χ0n) is 12.9. The van der Waals surface area contributed by atoms with E-state index in [1.807, 2.05) is 0 Å². The minimum Gasteiger partial charge on any atom is -0.306 e. The molecule has 0 saturated carbocycles. The van der Waals surface area contributed by atoms with Crippen LogP contribution in [0.25, 0.3) is 0 Å². The Hall–Kier alpha value is -0.0831. The lowest BCUT2D eigenvalue weighted by atomic mass is 10.1. The Bertz CT molecular complexity index is 235. The maximum absolute atomic E-state index is 4.22. The van der Waals surface area contributed by atoms with Gasteiger partial charge >= 0.3 is 0 Å². The third-order valence-corrected chi connectivity index (χ3v) is 8.02. The third kappa shape index (κ3) is 6.19. The molecule has 1 heterocycles. The van der Waals surface area contributed by atoms with Gasteiger partial charge in [0.25, 0.3) is 0 Å². The molecule has 18 heavy (non-hydrogen) atoms. The van der Waals surface area contributed by atoms with Crippen molar-refractivity contribution in [1.82, 2.24) is 4.90 Å². The molecule has 0 bridgehead atoms. The lowest BCUT2D eigenvalue weighted by Gasteiger charge is -2.32. The lowest BCUT2D eigenvalue weighted by Crippen LogP contribution is -2.44. The van der Waals surface area contributed by atoms with Crippen molar-refractivity contribution in [3.05, 3.63) is 11.8 Å². The van der Waals surface area contributed by atoms with E-state index in [4.69, 9.17) is 0 Å². The van der Waals surface area contributed by atoms with Crippen LogP contribution in [-0.2, 0) is 0 Å². The maximum Gasteiger partial charge on any atom is 0.0886 e. The molecule has 0 unspecified atom stereocenters. The van der Waals surface area contributed by atoms with Crippen LogP contribution < -0.4 is 0 Å². The largest absolute Gasteiger partial charge is 0.306 e. The van der Waals surface area contributed by atoms with Gasteiger partial charge < -0.3 is 4.90 Å². The first-order valence-electron chi connectivity index (χ1n) is 7.91. The molecule has 1 rings (SSSR count). The summed E-state index contributed by atoms with van der Waals surface area (Å²) in [5.74, 6) is 0. The Morgan fingerprint density at radius 2 is 1.28 bits per heavy atom. The van der Waals surface area contributed by atoms with Crippen molar-refractivity contribution in [2.45, 2.75) is 71.4 Å². The van der Waals surface area contributed by atoms with Crippen LogP contribution in [0.5, 0.6) is 0 Å². The summed E-state index contributed by atoms with van der Waals surface area (Å²) in [4.78, 5) is 2.74. The number of hydrogen-bond acceptors (Lipinski definition) is 1. The molecule has 1 nitrogen and oxygen atoms in total. The summed E-state index contributed by atoms with van der Waals surface area (Å²) in [6, 6.07) is 0. The normalized spacial score (nSPS) is 21.3. The van der Waals surface area contributed by atoms with Crippen molar-refractivity contribution < 1.29 is 0 Å². The molecule has 0 aromatic carbocycles. The molecule has 0 atom stereocenters. The lowest BCUT2D eigenvalue weighted by molar-refractivity contribution is 0.299. The highest BCUT2D eigenvalue weighted by molar-refractivity contribution is 6.84. The van der Waals surface area contributed by atoms with E-state index in [9.17, 15) is 0 Å². The number of rotatable bonds is 3. The number of hydrogen-bond donors (Lipinski definition) is 0. The van der Waals surface area contributed by atoms with Crippen LogP contribution in [0, 0.1) is 0 Å². The van der Waals surface area contributed by atoms with Gasteiger partial charge in [0.1, 0.15) is 0 Å². The van der Waals surface area contributed by atoms with Gasteiger partial charge in [-0.2, -0.15) is 0 Å². The van der Waals surface area contributed by atoms with E-state index in [2.05, 4.69) is 31.5 Å². The maximum atomic E-state index is 4.22. The molecule has 2 heteroatoms. The minimum absolute atomic E-state index is 1.22. The summed E-state index contributed by atoms with van der Waals surface area (Å²) >= 11 is 0. The second-order valence-corrected chi connectivity index (χ2v) is 11.7. The average molecular weight is 268 g/mol. The summed E-state index contributed by atoms with van der Waals surface area (Å²) in [5, 5.41) is 1.46. The highest BCUT2D eigenvalue weighted by Gasteiger charge is 2.24. The van der Waals surface area contributed by atoms with Gasteiger partial charge in [-0.25, -0.2) is 0 Å². The summed E-state index contributed by atoms with van der Waals surface area (Å²) in [6.07, 6.45) is 12.8. The van der Waals surface area contributed by atoms with Crippen LogP contribution in [0.1, 0.15) is 58.3 Å². The van der Waals surface area contributed by atoms with Crippen molar-refractivity contribution in [2.75, 3.05) is 19.3 Å². The van der Waals surface area contributed by atoms with Gasteiger partial charge in [-0.15, -0.1) is 6.58 Å². The van der Waals surface area contributed by atoms with Crippen LogP contribution in [0.3, 0.4) is 0 Å². The van der Waals surface area contributed by atoms with Gasteiger partial charge in [0.2, 0.25) is 0 Å². The van der Waals surface area contributed by atoms with Gasteiger partial charge in [0.05, 0.1) is 8.07 Å². The smallest absolute Gasteiger partial charge is 0.0886 e. The molecule has 0 aromatic rings. The number of allylic oxidation sites excluding steroid dienone is 1. The van der Waals surface area contributed by atoms with E-state index in [0.717, 1.165) is 0 Å². The molecule has 1 fully saturated rings. The van der Waals surface area contributed by atoms with E-state index in [1.54, 1.807) is 0 Å². The first kappa shape index (κ1) is 16.0. The Kier molecular flexibility index (Phi) is 7.24. The van der Waals surface area contributed by atoms with Crippen LogP contribution in [0.15, 0.2) is 11.8 Å². The fourth-order valence-corrected chi connectivity index (χ4v) is 4.40. The van der Waals surface area contributed by atoms with E-state index < -0.39 is 8.07 Å². The second kappa shape index (κ2) is 8.16. The van der Waals surface area contributed by atoms with Gasteiger partial charge in [0.15, 0.2) is 0 Å². The van der Waals surface area contributed by atoms with E-state index in [1.165, 1.54) is 75.8 Å². The van der Waals surface area contributed by atoms with Crippen molar-refractivity contribution in [3.8, 4) is 0 Å². The monoisotopic (exact) mass is 267 g/mol. The average Bonchev–Trinajstić information content (AvgIpc) is 2.34. The molecule has 106 valence electrons. The Labute approximate surface area is 116 Å². The number of nitrogens with zero attached hydrogens (tertiary/aromatic N) is 1. The molecule has 0 aromatic heterocycles. The molecule has 0 radical (unpaired) electrons. The molecule has 0 amide bonds. The summed E-state index contributed by atoms with van der Waals surface area (Å²) in [7, 11) is -1.22. The summed E-state index contributed by atoms with van der Waals surface area (Å²) < 4.78 is 0. The van der Waals surface area contributed by atoms with Crippen LogP contribution >= 0.6 is 0 Å².